The van der Waals surface area contributed by atoms with Crippen LogP contribution in [0.4, 0.5) is 0 Å². The Morgan fingerprint density at radius 3 is 2.26 bits per heavy atom. The summed E-state index contributed by atoms with van der Waals surface area (Å²) in [5, 5.41) is 0. The molecule has 0 saturated carbocycles. The number of ether oxygens (including phenoxy) is 2. The Morgan fingerprint density at radius 1 is 1.26 bits per heavy atom. The zero-order valence-corrected chi connectivity index (χ0v) is 11.9. The van der Waals surface area contributed by atoms with Crippen molar-refractivity contribution in [3.05, 3.63) is 23.8 Å². The molecule has 1 aliphatic rings. The number of methoxy groups -OCH3 is 2. The van der Waals surface area contributed by atoms with Crippen LogP contribution in [0.1, 0.15) is 12.0 Å². The first-order valence-electron chi connectivity index (χ1n) is 5.90. The van der Waals surface area contributed by atoms with Crippen molar-refractivity contribution in [1.29, 1.82) is 0 Å². The third kappa shape index (κ3) is 3.52. The SMILES string of the molecule is COc1cc(CN2CC[C@@H](N)C2=O)cc(OC)c1.Cl. The Balaban J connectivity index is 0.00000180. The van der Waals surface area contributed by atoms with E-state index in [-0.39, 0.29) is 24.4 Å². The van der Waals surface area contributed by atoms with Crippen LogP contribution in [-0.4, -0.2) is 37.6 Å². The molecule has 1 aliphatic heterocycles. The fourth-order valence-corrected chi connectivity index (χ4v) is 2.10. The molecule has 1 saturated heterocycles. The zero-order valence-electron chi connectivity index (χ0n) is 11.1. The van der Waals surface area contributed by atoms with Crippen LogP contribution in [0, 0.1) is 0 Å². The predicted molar refractivity (Wildman–Crippen MR) is 74.8 cm³/mol. The van der Waals surface area contributed by atoms with Crippen LogP contribution in [0.15, 0.2) is 18.2 Å². The van der Waals surface area contributed by atoms with Gasteiger partial charge in [-0.2, -0.15) is 0 Å². The molecule has 1 atom stereocenters. The first-order chi connectivity index (χ1) is 8.63. The first kappa shape index (κ1) is 15.6. The number of nitrogens with two attached hydrogens (primary N) is 1. The van der Waals surface area contributed by atoms with E-state index >= 15 is 0 Å². The molecular weight excluding hydrogens is 268 g/mol. The third-order valence-electron chi connectivity index (χ3n) is 3.12. The van der Waals surface area contributed by atoms with Crippen molar-refractivity contribution < 1.29 is 14.3 Å². The van der Waals surface area contributed by atoms with Gasteiger partial charge in [-0.25, -0.2) is 0 Å². The molecule has 0 aliphatic carbocycles. The van der Waals surface area contributed by atoms with Gasteiger partial charge in [0.15, 0.2) is 0 Å². The Bertz CT molecular complexity index is 431. The van der Waals surface area contributed by atoms with Crippen LogP contribution in [0.5, 0.6) is 11.5 Å². The lowest BCUT2D eigenvalue weighted by atomic mass is 10.2. The molecule has 0 spiro atoms. The number of hydrogen-bond donors (Lipinski definition) is 1. The van der Waals surface area contributed by atoms with Crippen LogP contribution in [0.25, 0.3) is 0 Å². The maximum Gasteiger partial charge on any atom is 0.239 e. The fraction of sp³-hybridized carbons (Fsp3) is 0.462. The van der Waals surface area contributed by atoms with E-state index in [1.165, 1.54) is 0 Å². The highest BCUT2D eigenvalue weighted by atomic mass is 35.5. The van der Waals surface area contributed by atoms with Crippen LogP contribution in [0.2, 0.25) is 0 Å². The maximum atomic E-state index is 11.8. The summed E-state index contributed by atoms with van der Waals surface area (Å²) in [6.45, 7) is 1.25. The van der Waals surface area contributed by atoms with Crippen molar-refractivity contribution in [2.24, 2.45) is 5.73 Å². The van der Waals surface area contributed by atoms with Crippen molar-refractivity contribution in [3.63, 3.8) is 0 Å². The Kier molecular flexibility index (Phi) is 5.44. The molecule has 1 heterocycles. The number of benzene rings is 1. The predicted octanol–water partition coefficient (Wildman–Crippen LogP) is 1.19. The van der Waals surface area contributed by atoms with Crippen LogP contribution in [0.3, 0.4) is 0 Å². The van der Waals surface area contributed by atoms with Crippen molar-refractivity contribution in [2.45, 2.75) is 19.0 Å². The number of rotatable bonds is 4. The summed E-state index contributed by atoms with van der Waals surface area (Å²) in [6.07, 6.45) is 0.722. The van der Waals surface area contributed by atoms with E-state index in [1.807, 2.05) is 12.1 Å². The minimum Gasteiger partial charge on any atom is -0.497 e. The molecule has 19 heavy (non-hydrogen) atoms. The number of carbonyl (C=O) groups is 1. The Labute approximate surface area is 119 Å². The highest BCUT2D eigenvalue weighted by molar-refractivity contribution is 5.85. The summed E-state index contributed by atoms with van der Waals surface area (Å²) in [7, 11) is 3.21. The Morgan fingerprint density at radius 2 is 1.84 bits per heavy atom. The molecule has 0 unspecified atom stereocenters. The van der Waals surface area contributed by atoms with Crippen molar-refractivity contribution in [3.8, 4) is 11.5 Å². The summed E-state index contributed by atoms with van der Waals surface area (Å²) in [5.74, 6) is 1.46. The topological polar surface area (TPSA) is 64.8 Å². The van der Waals surface area contributed by atoms with Crippen LogP contribution in [-0.2, 0) is 11.3 Å². The van der Waals surface area contributed by atoms with E-state index in [9.17, 15) is 4.79 Å². The second-order valence-corrected chi connectivity index (χ2v) is 4.38. The van der Waals surface area contributed by atoms with Gasteiger partial charge in [-0.3, -0.25) is 4.79 Å². The number of halogens is 1. The molecule has 1 amide bonds. The highest BCUT2D eigenvalue weighted by Gasteiger charge is 2.28. The van der Waals surface area contributed by atoms with Crippen molar-refractivity contribution >= 4 is 18.3 Å². The van der Waals surface area contributed by atoms with Gasteiger partial charge in [-0.05, 0) is 24.1 Å². The summed E-state index contributed by atoms with van der Waals surface area (Å²) < 4.78 is 10.4. The molecule has 106 valence electrons. The van der Waals surface area contributed by atoms with Gasteiger partial charge in [-0.1, -0.05) is 0 Å². The minimum absolute atomic E-state index is 0. The molecular formula is C13H19ClN2O3. The van der Waals surface area contributed by atoms with E-state index in [4.69, 9.17) is 15.2 Å². The van der Waals surface area contributed by atoms with E-state index in [0.29, 0.717) is 13.1 Å². The Hall–Kier alpha value is -1.46. The molecule has 5 nitrogen and oxygen atoms in total. The van der Waals surface area contributed by atoms with E-state index in [2.05, 4.69) is 0 Å². The van der Waals surface area contributed by atoms with Gasteiger partial charge in [0.1, 0.15) is 11.5 Å². The second kappa shape index (κ2) is 6.63. The van der Waals surface area contributed by atoms with Gasteiger partial charge in [0, 0.05) is 19.2 Å². The van der Waals surface area contributed by atoms with E-state index < -0.39 is 0 Å². The standard InChI is InChI=1S/C13H18N2O3.ClH/c1-17-10-5-9(6-11(7-10)18-2)8-15-4-3-12(14)13(15)16;/h5-7,12H,3-4,8,14H2,1-2H3;1H/t12-;/m1./s1. The fourth-order valence-electron chi connectivity index (χ4n) is 2.10. The average Bonchev–Trinajstić information content (AvgIpc) is 2.70. The quantitative estimate of drug-likeness (QED) is 0.903. The van der Waals surface area contributed by atoms with Gasteiger partial charge in [-0.15, -0.1) is 12.4 Å². The molecule has 2 N–H and O–H groups in total. The molecule has 0 bridgehead atoms. The molecule has 0 radical (unpaired) electrons. The number of carbonyl (C=O) groups excluding carboxylic acids is 1. The number of nitrogens with zero attached hydrogens (tertiary/aromatic N) is 1. The van der Waals surface area contributed by atoms with Gasteiger partial charge < -0.3 is 20.1 Å². The smallest absolute Gasteiger partial charge is 0.239 e. The normalized spacial score (nSPS) is 18.2. The maximum absolute atomic E-state index is 11.8. The molecule has 1 aromatic carbocycles. The molecule has 2 rings (SSSR count). The van der Waals surface area contributed by atoms with Gasteiger partial charge in [0.25, 0.3) is 0 Å². The first-order valence-corrected chi connectivity index (χ1v) is 5.90. The zero-order chi connectivity index (χ0) is 13.1. The molecule has 1 aromatic rings. The van der Waals surface area contributed by atoms with Crippen molar-refractivity contribution in [2.75, 3.05) is 20.8 Å². The average molecular weight is 287 g/mol. The largest absolute Gasteiger partial charge is 0.497 e. The summed E-state index contributed by atoms with van der Waals surface area (Å²) >= 11 is 0. The lowest BCUT2D eigenvalue weighted by Crippen LogP contribution is -2.33. The lowest BCUT2D eigenvalue weighted by molar-refractivity contribution is -0.129. The number of amides is 1. The van der Waals surface area contributed by atoms with Gasteiger partial charge in [0.05, 0.1) is 20.3 Å². The van der Waals surface area contributed by atoms with E-state index in [1.54, 1.807) is 25.2 Å². The summed E-state index contributed by atoms with van der Waals surface area (Å²) in [4.78, 5) is 13.5. The minimum atomic E-state index is -0.350. The summed E-state index contributed by atoms with van der Waals surface area (Å²) in [5.41, 5.74) is 6.67. The number of hydrogen-bond acceptors (Lipinski definition) is 4. The summed E-state index contributed by atoms with van der Waals surface area (Å²) in [6, 6.07) is 5.26. The van der Waals surface area contributed by atoms with Crippen molar-refractivity contribution in [1.82, 2.24) is 4.90 Å². The monoisotopic (exact) mass is 286 g/mol. The van der Waals surface area contributed by atoms with E-state index in [0.717, 1.165) is 23.5 Å². The number of likely N-dealkylation sites (tertiary alicyclic amines) is 1. The molecule has 1 fully saturated rings. The van der Waals surface area contributed by atoms with Crippen LogP contribution < -0.4 is 15.2 Å². The van der Waals surface area contributed by atoms with Gasteiger partial charge in [0.2, 0.25) is 5.91 Å². The second-order valence-electron chi connectivity index (χ2n) is 4.38. The third-order valence-corrected chi connectivity index (χ3v) is 3.12. The highest BCUT2D eigenvalue weighted by Crippen LogP contribution is 2.24. The van der Waals surface area contributed by atoms with Gasteiger partial charge >= 0.3 is 0 Å². The molecule has 0 aromatic heterocycles. The lowest BCUT2D eigenvalue weighted by Gasteiger charge is -2.17. The molecule has 6 heteroatoms. The van der Waals surface area contributed by atoms with Crippen LogP contribution >= 0.6 is 12.4 Å².